The third kappa shape index (κ3) is 6.41. The number of hydrogen-bond donors (Lipinski definition) is 1. The first-order valence-corrected chi connectivity index (χ1v) is 11.4. The minimum absolute atomic E-state index is 0.325. The van der Waals surface area contributed by atoms with E-state index in [1.165, 1.54) is 37.0 Å². The van der Waals surface area contributed by atoms with E-state index in [2.05, 4.69) is 16.8 Å². The Balaban J connectivity index is 1.47. The molecule has 0 bridgehead atoms. The van der Waals surface area contributed by atoms with Gasteiger partial charge >= 0.3 is 11.8 Å². The number of nitrogens with zero attached hydrogens (tertiary/aromatic N) is 3. The first kappa shape index (κ1) is 22.5. The van der Waals surface area contributed by atoms with Gasteiger partial charge in [-0.15, -0.1) is 6.58 Å². The van der Waals surface area contributed by atoms with E-state index in [9.17, 15) is 9.59 Å². The molecule has 0 aliphatic carbocycles. The molecule has 1 N–H and O–H groups in total. The second kappa shape index (κ2) is 11.9. The van der Waals surface area contributed by atoms with Crippen molar-refractivity contribution in [2.45, 2.75) is 32.1 Å². The van der Waals surface area contributed by atoms with E-state index in [1.54, 1.807) is 11.0 Å². The molecule has 30 heavy (non-hydrogen) atoms. The summed E-state index contributed by atoms with van der Waals surface area (Å²) in [5, 5.41) is 3.48. The van der Waals surface area contributed by atoms with Gasteiger partial charge in [0.05, 0.1) is 0 Å². The van der Waals surface area contributed by atoms with Gasteiger partial charge in [0, 0.05) is 38.4 Å². The molecule has 2 aliphatic rings. The number of carbonyl (C=O) groups excluding carboxylic acids is 2. The van der Waals surface area contributed by atoms with Gasteiger partial charge in [-0.3, -0.25) is 14.5 Å². The summed E-state index contributed by atoms with van der Waals surface area (Å²) >= 11 is 0. The molecule has 6 heteroatoms. The molecule has 0 radical (unpaired) electrons. The van der Waals surface area contributed by atoms with Crippen molar-refractivity contribution in [1.82, 2.24) is 15.1 Å². The van der Waals surface area contributed by atoms with Gasteiger partial charge in [0.1, 0.15) is 0 Å². The van der Waals surface area contributed by atoms with Crippen molar-refractivity contribution in [2.75, 3.05) is 57.3 Å². The van der Waals surface area contributed by atoms with E-state index in [1.807, 2.05) is 30.3 Å². The predicted molar refractivity (Wildman–Crippen MR) is 121 cm³/mol. The highest BCUT2D eigenvalue weighted by Crippen LogP contribution is 2.20. The topological polar surface area (TPSA) is 55.9 Å². The Labute approximate surface area is 180 Å². The lowest BCUT2D eigenvalue weighted by atomic mass is 9.92. The van der Waals surface area contributed by atoms with E-state index < -0.39 is 11.8 Å². The normalized spacial score (nSPS) is 19.0. The number of amides is 2. The SMILES string of the molecule is C=CCN(C(=O)C(=O)N1CCN(CCC2CCCNCCC2)CC1)c1ccccc1. The van der Waals surface area contributed by atoms with Crippen molar-refractivity contribution in [2.24, 2.45) is 5.92 Å². The van der Waals surface area contributed by atoms with Crippen LogP contribution in [0.25, 0.3) is 0 Å². The van der Waals surface area contributed by atoms with Crippen molar-refractivity contribution in [3.8, 4) is 0 Å². The fourth-order valence-corrected chi connectivity index (χ4v) is 4.42. The molecule has 0 spiro atoms. The third-order valence-electron chi connectivity index (χ3n) is 6.25. The molecule has 1 aromatic rings. The average Bonchev–Trinajstić information content (AvgIpc) is 2.77. The third-order valence-corrected chi connectivity index (χ3v) is 6.25. The zero-order valence-corrected chi connectivity index (χ0v) is 18.1. The number of anilines is 1. The fraction of sp³-hybridized carbons (Fsp3) is 0.583. The first-order chi connectivity index (χ1) is 14.7. The number of benzene rings is 1. The molecule has 164 valence electrons. The molecule has 0 saturated carbocycles. The summed E-state index contributed by atoms with van der Waals surface area (Å²) in [6.07, 6.45) is 8.09. The van der Waals surface area contributed by atoms with Gasteiger partial charge in [-0.05, 0) is 69.8 Å². The summed E-state index contributed by atoms with van der Waals surface area (Å²) < 4.78 is 0. The highest BCUT2D eigenvalue weighted by molar-refractivity contribution is 6.40. The van der Waals surface area contributed by atoms with E-state index in [4.69, 9.17) is 0 Å². The molecule has 0 atom stereocenters. The van der Waals surface area contributed by atoms with Crippen LogP contribution < -0.4 is 10.2 Å². The van der Waals surface area contributed by atoms with Gasteiger partial charge in [-0.1, -0.05) is 24.3 Å². The highest BCUT2D eigenvalue weighted by atomic mass is 16.2. The Hall–Kier alpha value is -2.18. The number of nitrogens with one attached hydrogen (secondary N) is 1. The van der Waals surface area contributed by atoms with Crippen molar-refractivity contribution < 1.29 is 9.59 Å². The Morgan fingerprint density at radius 3 is 2.37 bits per heavy atom. The lowest BCUT2D eigenvalue weighted by molar-refractivity contribution is -0.145. The molecule has 1 aromatic carbocycles. The van der Waals surface area contributed by atoms with Crippen LogP contribution in [-0.4, -0.2) is 74.0 Å². The number of rotatable bonds is 6. The maximum atomic E-state index is 12.9. The maximum Gasteiger partial charge on any atom is 0.316 e. The quantitative estimate of drug-likeness (QED) is 0.576. The molecule has 3 rings (SSSR count). The first-order valence-electron chi connectivity index (χ1n) is 11.4. The smallest absolute Gasteiger partial charge is 0.316 e. The summed E-state index contributed by atoms with van der Waals surface area (Å²) in [7, 11) is 0. The van der Waals surface area contributed by atoms with E-state index >= 15 is 0 Å². The molecular formula is C24H36N4O2. The van der Waals surface area contributed by atoms with Crippen LogP contribution in [0.2, 0.25) is 0 Å². The lowest BCUT2D eigenvalue weighted by Gasteiger charge is -2.36. The van der Waals surface area contributed by atoms with E-state index in [-0.39, 0.29) is 0 Å². The molecule has 0 aromatic heterocycles. The molecule has 2 amide bonds. The van der Waals surface area contributed by atoms with Crippen LogP contribution in [0.3, 0.4) is 0 Å². The zero-order valence-electron chi connectivity index (χ0n) is 18.1. The van der Waals surface area contributed by atoms with Gasteiger partial charge < -0.3 is 15.1 Å². The Morgan fingerprint density at radius 2 is 1.73 bits per heavy atom. The fourth-order valence-electron chi connectivity index (χ4n) is 4.42. The predicted octanol–water partition coefficient (Wildman–Crippen LogP) is 2.52. The molecule has 0 unspecified atom stereocenters. The van der Waals surface area contributed by atoms with Gasteiger partial charge in [-0.2, -0.15) is 0 Å². The van der Waals surface area contributed by atoms with Crippen molar-refractivity contribution >= 4 is 17.5 Å². The van der Waals surface area contributed by atoms with Crippen molar-refractivity contribution in [3.05, 3.63) is 43.0 Å². The monoisotopic (exact) mass is 412 g/mol. The number of carbonyl (C=O) groups is 2. The Morgan fingerprint density at radius 1 is 1.07 bits per heavy atom. The van der Waals surface area contributed by atoms with Gasteiger partial charge in [0.25, 0.3) is 0 Å². The summed E-state index contributed by atoms with van der Waals surface area (Å²) in [6.45, 7) is 10.4. The Kier molecular flexibility index (Phi) is 8.90. The average molecular weight is 413 g/mol. The molecule has 2 aliphatic heterocycles. The van der Waals surface area contributed by atoms with Gasteiger partial charge in [0.2, 0.25) is 0 Å². The van der Waals surface area contributed by atoms with Crippen LogP contribution in [0.4, 0.5) is 5.69 Å². The van der Waals surface area contributed by atoms with Gasteiger partial charge in [-0.25, -0.2) is 0 Å². The number of piperazine rings is 1. The molecule has 2 saturated heterocycles. The second-order valence-corrected chi connectivity index (χ2v) is 8.36. The summed E-state index contributed by atoms with van der Waals surface area (Å²) in [5.74, 6) is -0.0581. The zero-order chi connectivity index (χ0) is 21.2. The van der Waals surface area contributed by atoms with Crippen LogP contribution >= 0.6 is 0 Å². The second-order valence-electron chi connectivity index (χ2n) is 8.36. The van der Waals surface area contributed by atoms with E-state index in [0.29, 0.717) is 19.6 Å². The molecule has 2 heterocycles. The van der Waals surface area contributed by atoms with Gasteiger partial charge in [0.15, 0.2) is 0 Å². The molecule has 6 nitrogen and oxygen atoms in total. The molecule has 2 fully saturated rings. The minimum atomic E-state index is -0.474. The number of para-hydroxylation sites is 1. The summed E-state index contributed by atoms with van der Waals surface area (Å²) in [5.41, 5.74) is 0.726. The highest BCUT2D eigenvalue weighted by Gasteiger charge is 2.30. The van der Waals surface area contributed by atoms with Crippen molar-refractivity contribution in [1.29, 1.82) is 0 Å². The summed E-state index contributed by atoms with van der Waals surface area (Å²) in [4.78, 5) is 31.4. The maximum absolute atomic E-state index is 12.9. The lowest BCUT2D eigenvalue weighted by Crippen LogP contribution is -2.53. The van der Waals surface area contributed by atoms with Crippen LogP contribution in [-0.2, 0) is 9.59 Å². The van der Waals surface area contributed by atoms with Crippen molar-refractivity contribution in [3.63, 3.8) is 0 Å². The standard InChI is InChI=1S/C24H36N4O2/c1-2-15-28(22-10-4-3-5-11-22)24(30)23(29)27-19-17-26(18-20-27)16-12-21-8-6-13-25-14-7-9-21/h2-5,10-11,21,25H,1,6-9,12-20H2. The number of hydrogen-bond acceptors (Lipinski definition) is 4. The Bertz CT molecular complexity index is 678. The van der Waals surface area contributed by atoms with Crippen LogP contribution in [0, 0.1) is 5.92 Å². The largest absolute Gasteiger partial charge is 0.332 e. The van der Waals surface area contributed by atoms with Crippen LogP contribution in [0.15, 0.2) is 43.0 Å². The minimum Gasteiger partial charge on any atom is -0.332 e. The molecular weight excluding hydrogens is 376 g/mol. The summed E-state index contributed by atoms with van der Waals surface area (Å²) in [6, 6.07) is 9.33. The van der Waals surface area contributed by atoms with Crippen LogP contribution in [0.5, 0.6) is 0 Å². The van der Waals surface area contributed by atoms with Crippen LogP contribution in [0.1, 0.15) is 32.1 Å². The van der Waals surface area contributed by atoms with E-state index in [0.717, 1.165) is 44.3 Å².